The van der Waals surface area contributed by atoms with Crippen LogP contribution < -0.4 is 5.32 Å². The van der Waals surface area contributed by atoms with Crippen LogP contribution >= 0.6 is 11.3 Å². The zero-order chi connectivity index (χ0) is 13.0. The van der Waals surface area contributed by atoms with Crippen molar-refractivity contribution in [3.8, 4) is 0 Å². The highest BCUT2D eigenvalue weighted by Gasteiger charge is 2.23. The molecule has 1 N–H and O–H groups in total. The minimum Gasteiger partial charge on any atom is -0.378 e. The van der Waals surface area contributed by atoms with Crippen LogP contribution in [0.1, 0.15) is 55.3 Å². The van der Waals surface area contributed by atoms with Crippen LogP contribution in [-0.4, -0.2) is 18.8 Å². The lowest BCUT2D eigenvalue weighted by Crippen LogP contribution is -2.39. The van der Waals surface area contributed by atoms with Gasteiger partial charge in [0, 0.05) is 28.4 Å². The van der Waals surface area contributed by atoms with Gasteiger partial charge in [-0.2, -0.15) is 0 Å². The van der Waals surface area contributed by atoms with Gasteiger partial charge in [-0.15, -0.1) is 11.3 Å². The summed E-state index contributed by atoms with van der Waals surface area (Å²) >= 11 is 1.90. The number of rotatable bonds is 5. The third-order valence-corrected chi connectivity index (χ3v) is 4.83. The summed E-state index contributed by atoms with van der Waals surface area (Å²) in [7, 11) is 0. The van der Waals surface area contributed by atoms with Crippen LogP contribution in [0, 0.1) is 6.92 Å². The van der Waals surface area contributed by atoms with Crippen molar-refractivity contribution in [1.29, 1.82) is 0 Å². The molecular formula is C15H25NOS. The molecule has 102 valence electrons. The van der Waals surface area contributed by atoms with E-state index >= 15 is 0 Å². The van der Waals surface area contributed by atoms with Crippen LogP contribution in [0.25, 0.3) is 0 Å². The summed E-state index contributed by atoms with van der Waals surface area (Å²) < 4.78 is 5.80. The molecule has 1 fully saturated rings. The van der Waals surface area contributed by atoms with Gasteiger partial charge in [0.25, 0.3) is 0 Å². The van der Waals surface area contributed by atoms with E-state index in [2.05, 4.69) is 38.2 Å². The summed E-state index contributed by atoms with van der Waals surface area (Å²) in [6.45, 7) is 7.60. The Kier molecular flexibility index (Phi) is 5.22. The van der Waals surface area contributed by atoms with Crippen molar-refractivity contribution in [1.82, 2.24) is 5.32 Å². The minimum absolute atomic E-state index is 0.467. The van der Waals surface area contributed by atoms with E-state index in [1.807, 2.05) is 11.3 Å². The quantitative estimate of drug-likeness (QED) is 0.869. The summed E-state index contributed by atoms with van der Waals surface area (Å²) in [5.41, 5.74) is 0. The van der Waals surface area contributed by atoms with Crippen molar-refractivity contribution in [2.45, 2.75) is 64.6 Å². The Morgan fingerprint density at radius 2 is 2.33 bits per heavy atom. The number of ether oxygens (including phenoxy) is 1. The average Bonchev–Trinajstić information content (AvgIpc) is 2.77. The number of nitrogens with one attached hydrogen (secondary N) is 1. The van der Waals surface area contributed by atoms with E-state index in [-0.39, 0.29) is 0 Å². The van der Waals surface area contributed by atoms with Gasteiger partial charge in [0.05, 0.1) is 6.10 Å². The van der Waals surface area contributed by atoms with Crippen molar-refractivity contribution >= 4 is 11.3 Å². The molecule has 1 aliphatic rings. The van der Waals surface area contributed by atoms with E-state index in [0.29, 0.717) is 18.2 Å². The Labute approximate surface area is 115 Å². The molecule has 1 aromatic rings. The van der Waals surface area contributed by atoms with Crippen LogP contribution in [0.5, 0.6) is 0 Å². The number of aryl methyl sites for hydroxylation is 1. The second-order valence-electron chi connectivity index (χ2n) is 5.34. The van der Waals surface area contributed by atoms with Crippen molar-refractivity contribution in [2.75, 3.05) is 6.61 Å². The first-order valence-electron chi connectivity index (χ1n) is 7.13. The Morgan fingerprint density at radius 1 is 1.50 bits per heavy atom. The molecule has 0 amide bonds. The Morgan fingerprint density at radius 3 is 3.00 bits per heavy atom. The molecule has 0 aromatic carbocycles. The maximum atomic E-state index is 5.80. The van der Waals surface area contributed by atoms with Crippen molar-refractivity contribution in [3.63, 3.8) is 0 Å². The standard InChI is InChI=1S/C15H25NOS/c1-4-5-14-10-13(8-9-17-14)16-12(3)15-7-6-11(2)18-15/h6-7,12-14,16H,4-5,8-10H2,1-3H3. The fourth-order valence-electron chi connectivity index (χ4n) is 2.68. The lowest BCUT2D eigenvalue weighted by atomic mass is 9.99. The third-order valence-electron chi connectivity index (χ3n) is 3.65. The van der Waals surface area contributed by atoms with Gasteiger partial charge in [-0.1, -0.05) is 13.3 Å². The normalized spacial score (nSPS) is 26.2. The molecule has 3 unspecified atom stereocenters. The Hall–Kier alpha value is -0.380. The molecule has 1 aromatic heterocycles. The van der Waals surface area contributed by atoms with Gasteiger partial charge in [0.15, 0.2) is 0 Å². The summed E-state index contributed by atoms with van der Waals surface area (Å²) in [6, 6.07) is 5.55. The van der Waals surface area contributed by atoms with Crippen LogP contribution in [0.4, 0.5) is 0 Å². The topological polar surface area (TPSA) is 21.3 Å². The first-order valence-corrected chi connectivity index (χ1v) is 7.94. The second kappa shape index (κ2) is 6.69. The molecule has 0 spiro atoms. The van der Waals surface area contributed by atoms with Crippen molar-refractivity contribution < 1.29 is 4.74 Å². The number of hydrogen-bond acceptors (Lipinski definition) is 3. The lowest BCUT2D eigenvalue weighted by molar-refractivity contribution is -0.00466. The summed E-state index contributed by atoms with van der Waals surface area (Å²) in [5.74, 6) is 0. The molecule has 0 bridgehead atoms. The molecule has 0 radical (unpaired) electrons. The maximum absolute atomic E-state index is 5.80. The van der Waals surface area contributed by atoms with Gasteiger partial charge in [0.2, 0.25) is 0 Å². The smallest absolute Gasteiger partial charge is 0.0589 e. The van der Waals surface area contributed by atoms with Gasteiger partial charge in [0.1, 0.15) is 0 Å². The highest BCUT2D eigenvalue weighted by molar-refractivity contribution is 7.12. The van der Waals surface area contributed by atoms with Crippen molar-refractivity contribution in [2.24, 2.45) is 0 Å². The zero-order valence-electron chi connectivity index (χ0n) is 11.7. The summed E-state index contributed by atoms with van der Waals surface area (Å²) in [5, 5.41) is 3.77. The molecule has 2 nitrogen and oxygen atoms in total. The minimum atomic E-state index is 0.467. The SMILES string of the molecule is CCCC1CC(NC(C)c2ccc(C)s2)CCO1. The van der Waals surface area contributed by atoms with Crippen LogP contribution in [0.3, 0.4) is 0 Å². The van der Waals surface area contributed by atoms with Gasteiger partial charge in [-0.3, -0.25) is 0 Å². The number of hydrogen-bond donors (Lipinski definition) is 1. The van der Waals surface area contributed by atoms with E-state index in [1.165, 1.54) is 29.0 Å². The fourth-order valence-corrected chi connectivity index (χ4v) is 3.57. The molecule has 18 heavy (non-hydrogen) atoms. The lowest BCUT2D eigenvalue weighted by Gasteiger charge is -2.32. The van der Waals surface area contributed by atoms with Gasteiger partial charge in [-0.05, 0) is 45.2 Å². The molecule has 1 saturated heterocycles. The third kappa shape index (κ3) is 3.81. The van der Waals surface area contributed by atoms with Gasteiger partial charge >= 0.3 is 0 Å². The van der Waals surface area contributed by atoms with Crippen LogP contribution in [0.2, 0.25) is 0 Å². The molecule has 0 aliphatic carbocycles. The molecule has 2 rings (SSSR count). The fraction of sp³-hybridized carbons (Fsp3) is 0.733. The van der Waals surface area contributed by atoms with E-state index in [4.69, 9.17) is 4.74 Å². The first-order chi connectivity index (χ1) is 8.69. The molecular weight excluding hydrogens is 242 g/mol. The van der Waals surface area contributed by atoms with Crippen LogP contribution in [-0.2, 0) is 4.74 Å². The van der Waals surface area contributed by atoms with E-state index in [9.17, 15) is 0 Å². The first kappa shape index (κ1) is 14.0. The summed E-state index contributed by atoms with van der Waals surface area (Å²) in [6.07, 6.45) is 5.21. The Balaban J connectivity index is 1.85. The van der Waals surface area contributed by atoms with E-state index in [0.717, 1.165) is 13.0 Å². The highest BCUT2D eigenvalue weighted by atomic mass is 32.1. The van der Waals surface area contributed by atoms with E-state index in [1.54, 1.807) is 0 Å². The predicted octanol–water partition coefficient (Wildman–Crippen LogP) is 4.05. The second-order valence-corrected chi connectivity index (χ2v) is 6.66. The number of thiophene rings is 1. The predicted molar refractivity (Wildman–Crippen MR) is 78.3 cm³/mol. The van der Waals surface area contributed by atoms with Crippen molar-refractivity contribution in [3.05, 3.63) is 21.9 Å². The highest BCUT2D eigenvalue weighted by Crippen LogP contribution is 2.25. The average molecular weight is 267 g/mol. The summed E-state index contributed by atoms with van der Waals surface area (Å²) in [4.78, 5) is 2.85. The van der Waals surface area contributed by atoms with Crippen LogP contribution in [0.15, 0.2) is 12.1 Å². The largest absolute Gasteiger partial charge is 0.378 e. The molecule has 3 heteroatoms. The monoisotopic (exact) mass is 267 g/mol. The van der Waals surface area contributed by atoms with E-state index < -0.39 is 0 Å². The molecule has 2 heterocycles. The molecule has 3 atom stereocenters. The Bertz CT molecular complexity index is 361. The maximum Gasteiger partial charge on any atom is 0.0589 e. The molecule has 1 aliphatic heterocycles. The van der Waals surface area contributed by atoms with Gasteiger partial charge in [-0.25, -0.2) is 0 Å². The van der Waals surface area contributed by atoms with Gasteiger partial charge < -0.3 is 10.1 Å². The zero-order valence-corrected chi connectivity index (χ0v) is 12.6. The molecule has 0 saturated carbocycles.